The molecule has 3 rings (SSSR count). The molecule has 0 amide bonds. The lowest BCUT2D eigenvalue weighted by molar-refractivity contribution is 0.0969. The third-order valence-corrected chi connectivity index (χ3v) is 5.05. The molecule has 0 aliphatic carbocycles. The Morgan fingerprint density at radius 2 is 2.04 bits per heavy atom. The summed E-state index contributed by atoms with van der Waals surface area (Å²) in [6, 6.07) is 5.70. The Hall–Kier alpha value is -2.54. The molecule has 3 aromatic rings. The van der Waals surface area contributed by atoms with E-state index in [2.05, 4.69) is 4.98 Å². The summed E-state index contributed by atoms with van der Waals surface area (Å²) in [5, 5.41) is 0.402. The van der Waals surface area contributed by atoms with Crippen LogP contribution in [0.5, 0.6) is 0 Å². The SMILES string of the molecule is CCc1cc2c(=O)n(CC(=O)c3ccc(F)c(C)c3)c(=O)[nH]c2s1. The standard InChI is InChI=1S/C17H15FN2O3S/c1-3-11-7-12-15(24-11)19-17(23)20(16(12)22)8-14(21)10-4-5-13(18)9(2)6-10/h4-7H,3,8H2,1-2H3,(H,19,23). The van der Waals surface area contributed by atoms with Crippen molar-refractivity contribution < 1.29 is 9.18 Å². The highest BCUT2D eigenvalue weighted by atomic mass is 32.1. The number of benzene rings is 1. The van der Waals surface area contributed by atoms with Crippen molar-refractivity contribution in [3.63, 3.8) is 0 Å². The number of aromatic amines is 1. The van der Waals surface area contributed by atoms with Crippen LogP contribution in [0.25, 0.3) is 10.2 Å². The molecule has 7 heteroatoms. The van der Waals surface area contributed by atoms with Gasteiger partial charge in [-0.25, -0.2) is 9.18 Å². The van der Waals surface area contributed by atoms with Crippen molar-refractivity contribution in [1.29, 1.82) is 0 Å². The van der Waals surface area contributed by atoms with Crippen LogP contribution in [0.1, 0.15) is 27.7 Å². The minimum atomic E-state index is -0.621. The molecule has 1 aromatic carbocycles. The van der Waals surface area contributed by atoms with Crippen LogP contribution in [0.4, 0.5) is 4.39 Å². The van der Waals surface area contributed by atoms with Crippen molar-refractivity contribution in [2.24, 2.45) is 0 Å². The van der Waals surface area contributed by atoms with Crippen LogP contribution in [0.2, 0.25) is 0 Å². The zero-order valence-corrected chi connectivity index (χ0v) is 14.0. The van der Waals surface area contributed by atoms with Crippen molar-refractivity contribution in [3.8, 4) is 0 Å². The molecule has 0 unspecified atom stereocenters. The number of hydrogen-bond acceptors (Lipinski definition) is 4. The van der Waals surface area contributed by atoms with Crippen LogP contribution in [-0.2, 0) is 13.0 Å². The lowest BCUT2D eigenvalue weighted by atomic mass is 10.1. The molecule has 2 aromatic heterocycles. The maximum Gasteiger partial charge on any atom is 0.329 e. The fraction of sp³-hybridized carbons (Fsp3) is 0.235. The number of nitrogens with zero attached hydrogens (tertiary/aromatic N) is 1. The summed E-state index contributed by atoms with van der Waals surface area (Å²) < 4.78 is 14.2. The number of thiophene rings is 1. The van der Waals surface area contributed by atoms with Gasteiger partial charge in [0.2, 0.25) is 0 Å². The molecule has 0 fully saturated rings. The van der Waals surface area contributed by atoms with E-state index in [0.29, 0.717) is 15.8 Å². The van der Waals surface area contributed by atoms with Gasteiger partial charge in [-0.15, -0.1) is 11.3 Å². The van der Waals surface area contributed by atoms with Crippen LogP contribution in [0.15, 0.2) is 33.9 Å². The van der Waals surface area contributed by atoms with Gasteiger partial charge in [-0.1, -0.05) is 6.92 Å². The van der Waals surface area contributed by atoms with E-state index < -0.39 is 22.8 Å². The molecule has 5 nitrogen and oxygen atoms in total. The van der Waals surface area contributed by atoms with Crippen LogP contribution in [0.3, 0.4) is 0 Å². The minimum absolute atomic E-state index is 0.264. The van der Waals surface area contributed by atoms with Crippen molar-refractivity contribution in [3.05, 3.63) is 66.9 Å². The number of carbonyl (C=O) groups is 1. The van der Waals surface area contributed by atoms with Gasteiger partial charge in [-0.2, -0.15) is 0 Å². The van der Waals surface area contributed by atoms with Gasteiger partial charge in [0.05, 0.1) is 11.9 Å². The Morgan fingerprint density at radius 1 is 1.29 bits per heavy atom. The highest BCUT2D eigenvalue weighted by Gasteiger charge is 2.15. The Bertz CT molecular complexity index is 1060. The second-order valence-corrected chi connectivity index (χ2v) is 6.65. The van der Waals surface area contributed by atoms with E-state index in [0.717, 1.165) is 15.9 Å². The fourth-order valence-corrected chi connectivity index (χ4v) is 3.44. The predicted molar refractivity (Wildman–Crippen MR) is 91.6 cm³/mol. The lowest BCUT2D eigenvalue weighted by Crippen LogP contribution is -2.36. The number of carbonyl (C=O) groups excluding carboxylic acids is 1. The Balaban J connectivity index is 2.03. The summed E-state index contributed by atoms with van der Waals surface area (Å²) in [4.78, 5) is 41.1. The monoisotopic (exact) mass is 346 g/mol. The molecule has 0 spiro atoms. The summed E-state index contributed by atoms with van der Waals surface area (Å²) in [5.41, 5.74) is -0.510. The van der Waals surface area contributed by atoms with Gasteiger partial charge in [-0.3, -0.25) is 19.1 Å². The number of aromatic nitrogens is 2. The first-order chi connectivity index (χ1) is 11.4. The summed E-state index contributed by atoms with van der Waals surface area (Å²) in [5.74, 6) is -0.829. The number of halogens is 1. The molecule has 124 valence electrons. The average Bonchev–Trinajstić information content (AvgIpc) is 2.97. The number of nitrogens with one attached hydrogen (secondary N) is 1. The quantitative estimate of drug-likeness (QED) is 0.738. The summed E-state index contributed by atoms with van der Waals surface area (Å²) in [6.45, 7) is 3.13. The highest BCUT2D eigenvalue weighted by Crippen LogP contribution is 2.20. The molecule has 0 bridgehead atoms. The molecule has 0 saturated heterocycles. The largest absolute Gasteiger partial charge is 0.329 e. The van der Waals surface area contributed by atoms with E-state index in [9.17, 15) is 18.8 Å². The minimum Gasteiger partial charge on any atom is -0.298 e. The smallest absolute Gasteiger partial charge is 0.298 e. The maximum absolute atomic E-state index is 13.3. The molecule has 1 N–H and O–H groups in total. The van der Waals surface area contributed by atoms with Crippen LogP contribution in [0, 0.1) is 12.7 Å². The zero-order valence-electron chi connectivity index (χ0n) is 13.2. The van der Waals surface area contributed by atoms with Crippen molar-refractivity contribution in [2.45, 2.75) is 26.8 Å². The summed E-state index contributed by atoms with van der Waals surface area (Å²) >= 11 is 1.36. The van der Waals surface area contributed by atoms with Crippen LogP contribution in [-0.4, -0.2) is 15.3 Å². The van der Waals surface area contributed by atoms with E-state index >= 15 is 0 Å². The van der Waals surface area contributed by atoms with Crippen LogP contribution < -0.4 is 11.2 Å². The third kappa shape index (κ3) is 2.82. The topological polar surface area (TPSA) is 71.9 Å². The second kappa shape index (κ2) is 6.16. The van der Waals surface area contributed by atoms with Gasteiger partial charge >= 0.3 is 5.69 Å². The van der Waals surface area contributed by atoms with E-state index in [-0.39, 0.29) is 12.1 Å². The second-order valence-electron chi connectivity index (χ2n) is 5.52. The first-order valence-electron chi connectivity index (χ1n) is 7.45. The molecule has 0 saturated carbocycles. The lowest BCUT2D eigenvalue weighted by Gasteiger charge is -2.05. The number of rotatable bonds is 4. The number of ketones is 1. The number of Topliss-reactive ketones (excluding diaryl/α,β-unsaturated/α-hetero) is 1. The van der Waals surface area contributed by atoms with Crippen molar-refractivity contribution >= 4 is 27.3 Å². The number of aryl methyl sites for hydroxylation is 2. The highest BCUT2D eigenvalue weighted by molar-refractivity contribution is 7.18. The maximum atomic E-state index is 13.3. The summed E-state index contributed by atoms with van der Waals surface area (Å²) in [6.07, 6.45) is 0.759. The van der Waals surface area contributed by atoms with Gasteiger partial charge in [0.15, 0.2) is 5.78 Å². The Morgan fingerprint density at radius 3 is 2.71 bits per heavy atom. The van der Waals surface area contributed by atoms with E-state index in [4.69, 9.17) is 0 Å². The summed E-state index contributed by atoms with van der Waals surface area (Å²) in [7, 11) is 0. The van der Waals surface area contributed by atoms with Gasteiger partial charge < -0.3 is 0 Å². The van der Waals surface area contributed by atoms with Gasteiger partial charge in [-0.05, 0) is 43.2 Å². The first kappa shape index (κ1) is 16.3. The van der Waals surface area contributed by atoms with E-state index in [1.807, 2.05) is 6.92 Å². The van der Waals surface area contributed by atoms with Crippen molar-refractivity contribution in [1.82, 2.24) is 9.55 Å². The number of H-pyrrole nitrogens is 1. The number of fused-ring (bicyclic) bond motifs is 1. The predicted octanol–water partition coefficient (Wildman–Crippen LogP) is 2.64. The Kier molecular flexibility index (Phi) is 4.19. The zero-order chi connectivity index (χ0) is 17.4. The molecule has 2 heterocycles. The molecular formula is C17H15FN2O3S. The number of hydrogen-bond donors (Lipinski definition) is 1. The Labute approximate surface area is 140 Å². The van der Waals surface area contributed by atoms with E-state index in [1.54, 1.807) is 13.0 Å². The third-order valence-electron chi connectivity index (χ3n) is 3.85. The molecule has 0 aliphatic rings. The fourth-order valence-electron chi connectivity index (χ4n) is 2.47. The molecule has 0 radical (unpaired) electrons. The average molecular weight is 346 g/mol. The molecular weight excluding hydrogens is 331 g/mol. The van der Waals surface area contributed by atoms with Gasteiger partial charge in [0, 0.05) is 10.4 Å². The molecule has 24 heavy (non-hydrogen) atoms. The van der Waals surface area contributed by atoms with Crippen LogP contribution >= 0.6 is 11.3 Å². The van der Waals surface area contributed by atoms with E-state index in [1.165, 1.54) is 29.5 Å². The van der Waals surface area contributed by atoms with Gasteiger partial charge in [0.1, 0.15) is 10.6 Å². The van der Waals surface area contributed by atoms with Crippen molar-refractivity contribution in [2.75, 3.05) is 0 Å². The normalized spacial score (nSPS) is 11.1. The molecule has 0 aliphatic heterocycles. The first-order valence-corrected chi connectivity index (χ1v) is 8.27. The molecule has 0 atom stereocenters. The van der Waals surface area contributed by atoms with Gasteiger partial charge in [0.25, 0.3) is 5.56 Å².